The fourth-order valence-corrected chi connectivity index (χ4v) is 2.85. The van der Waals surface area contributed by atoms with Crippen LogP contribution in [0.4, 0.5) is 5.69 Å². The number of sulfonamides is 1. The van der Waals surface area contributed by atoms with Gasteiger partial charge in [-0.3, -0.25) is 0 Å². The first kappa shape index (κ1) is 12.3. The largest absolute Gasteiger partial charge is 0.370 e. The summed E-state index contributed by atoms with van der Waals surface area (Å²) in [6.45, 7) is 2.24. The second-order valence-electron chi connectivity index (χ2n) is 4.02. The average Bonchev–Trinajstić information content (AvgIpc) is 2.72. The highest BCUT2D eigenvalue weighted by Gasteiger charge is 2.21. The zero-order chi connectivity index (χ0) is 12.5. The van der Waals surface area contributed by atoms with Gasteiger partial charge in [-0.25, -0.2) is 13.1 Å². The van der Waals surface area contributed by atoms with E-state index in [1.54, 1.807) is 12.1 Å². The van der Waals surface area contributed by atoms with Gasteiger partial charge in [0.15, 0.2) is 0 Å². The first-order chi connectivity index (χ1) is 8.08. The van der Waals surface area contributed by atoms with Gasteiger partial charge in [0.25, 0.3) is 0 Å². The lowest BCUT2D eigenvalue weighted by Gasteiger charge is -2.18. The van der Waals surface area contributed by atoms with Crippen molar-refractivity contribution in [3.8, 4) is 0 Å². The van der Waals surface area contributed by atoms with Gasteiger partial charge in [-0.2, -0.15) is 0 Å². The number of nitrogens with two attached hydrogens (primary N) is 1. The maximum atomic E-state index is 11.7. The Morgan fingerprint density at radius 1 is 1.47 bits per heavy atom. The standard InChI is InChI=1S/C11H17N3O2S/c1-13-17(15,16)10-3-2-9-4-6-14(7-5-12)11(9)8-10/h2-3,8,13H,4-7,12H2,1H3. The predicted octanol–water partition coefficient (Wildman–Crippen LogP) is -0.0841. The number of hydrogen-bond donors (Lipinski definition) is 2. The van der Waals surface area contributed by atoms with E-state index in [-0.39, 0.29) is 0 Å². The highest BCUT2D eigenvalue weighted by Crippen LogP contribution is 2.29. The molecule has 5 nitrogen and oxygen atoms in total. The smallest absolute Gasteiger partial charge is 0.240 e. The van der Waals surface area contributed by atoms with Gasteiger partial charge in [-0.15, -0.1) is 0 Å². The summed E-state index contributed by atoms with van der Waals surface area (Å²) in [6, 6.07) is 5.26. The summed E-state index contributed by atoms with van der Waals surface area (Å²) in [6.07, 6.45) is 0.954. The molecule has 3 N–H and O–H groups in total. The molecular weight excluding hydrogens is 238 g/mol. The van der Waals surface area contributed by atoms with Crippen LogP contribution >= 0.6 is 0 Å². The van der Waals surface area contributed by atoms with E-state index in [2.05, 4.69) is 9.62 Å². The maximum absolute atomic E-state index is 11.7. The second kappa shape index (κ2) is 4.64. The van der Waals surface area contributed by atoms with Crippen LogP contribution in [0.1, 0.15) is 5.56 Å². The fraction of sp³-hybridized carbons (Fsp3) is 0.455. The molecule has 0 amide bonds. The summed E-state index contributed by atoms with van der Waals surface area (Å²) in [5.41, 5.74) is 7.72. The molecule has 1 aromatic carbocycles. The Bertz CT molecular complexity index is 511. The van der Waals surface area contributed by atoms with Gasteiger partial charge >= 0.3 is 0 Å². The minimum Gasteiger partial charge on any atom is -0.370 e. The topological polar surface area (TPSA) is 75.4 Å². The summed E-state index contributed by atoms with van der Waals surface area (Å²) in [7, 11) is -1.95. The third-order valence-corrected chi connectivity index (χ3v) is 4.44. The van der Waals surface area contributed by atoms with E-state index in [1.165, 1.54) is 12.6 Å². The molecule has 0 aliphatic carbocycles. The van der Waals surface area contributed by atoms with E-state index >= 15 is 0 Å². The third kappa shape index (κ3) is 2.29. The lowest BCUT2D eigenvalue weighted by Crippen LogP contribution is -2.27. The Labute approximate surface area is 102 Å². The molecule has 0 saturated heterocycles. The molecule has 17 heavy (non-hydrogen) atoms. The zero-order valence-electron chi connectivity index (χ0n) is 9.81. The van der Waals surface area contributed by atoms with Crippen LogP contribution in [-0.4, -0.2) is 35.1 Å². The van der Waals surface area contributed by atoms with Crippen LogP contribution in [0.5, 0.6) is 0 Å². The van der Waals surface area contributed by atoms with E-state index in [0.29, 0.717) is 11.4 Å². The van der Waals surface area contributed by atoms with E-state index in [4.69, 9.17) is 5.73 Å². The highest BCUT2D eigenvalue weighted by molar-refractivity contribution is 7.89. The van der Waals surface area contributed by atoms with Crippen molar-refractivity contribution in [3.63, 3.8) is 0 Å². The normalized spacial score (nSPS) is 15.1. The van der Waals surface area contributed by atoms with Crippen molar-refractivity contribution in [1.29, 1.82) is 0 Å². The van der Waals surface area contributed by atoms with Crippen molar-refractivity contribution in [2.45, 2.75) is 11.3 Å². The lowest BCUT2D eigenvalue weighted by atomic mass is 10.2. The molecule has 0 atom stereocenters. The predicted molar refractivity (Wildman–Crippen MR) is 67.7 cm³/mol. The molecule has 0 unspecified atom stereocenters. The number of nitrogens with one attached hydrogen (secondary N) is 1. The summed E-state index contributed by atoms with van der Waals surface area (Å²) >= 11 is 0. The van der Waals surface area contributed by atoms with Crippen LogP contribution in [0.25, 0.3) is 0 Å². The molecule has 0 radical (unpaired) electrons. The summed E-state index contributed by atoms with van der Waals surface area (Å²) in [5, 5.41) is 0. The molecule has 0 bridgehead atoms. The summed E-state index contributed by atoms with van der Waals surface area (Å²) in [5.74, 6) is 0. The van der Waals surface area contributed by atoms with Crippen molar-refractivity contribution < 1.29 is 8.42 Å². The van der Waals surface area contributed by atoms with Gasteiger partial charge in [0.1, 0.15) is 0 Å². The van der Waals surface area contributed by atoms with E-state index in [0.717, 1.165) is 25.2 Å². The van der Waals surface area contributed by atoms with Gasteiger partial charge in [0.2, 0.25) is 10.0 Å². The van der Waals surface area contributed by atoms with Crippen molar-refractivity contribution in [1.82, 2.24) is 4.72 Å². The Hall–Kier alpha value is -1.11. The van der Waals surface area contributed by atoms with E-state index < -0.39 is 10.0 Å². The number of anilines is 1. The van der Waals surface area contributed by atoms with Crippen molar-refractivity contribution in [2.75, 3.05) is 31.6 Å². The molecule has 1 aliphatic rings. The lowest BCUT2D eigenvalue weighted by molar-refractivity contribution is 0.588. The molecule has 0 fully saturated rings. The number of fused-ring (bicyclic) bond motifs is 1. The van der Waals surface area contributed by atoms with Crippen LogP contribution in [0.2, 0.25) is 0 Å². The Morgan fingerprint density at radius 3 is 2.88 bits per heavy atom. The minimum absolute atomic E-state index is 0.308. The van der Waals surface area contributed by atoms with Gasteiger partial charge in [-0.05, 0) is 31.2 Å². The first-order valence-electron chi connectivity index (χ1n) is 5.60. The highest BCUT2D eigenvalue weighted by atomic mass is 32.2. The van der Waals surface area contributed by atoms with Crippen LogP contribution in [0.3, 0.4) is 0 Å². The van der Waals surface area contributed by atoms with Crippen molar-refractivity contribution >= 4 is 15.7 Å². The minimum atomic E-state index is -3.37. The van der Waals surface area contributed by atoms with Crippen molar-refractivity contribution in [3.05, 3.63) is 23.8 Å². The van der Waals surface area contributed by atoms with Gasteiger partial charge in [0, 0.05) is 25.3 Å². The third-order valence-electron chi connectivity index (χ3n) is 3.03. The zero-order valence-corrected chi connectivity index (χ0v) is 10.6. The Balaban J connectivity index is 2.40. The van der Waals surface area contributed by atoms with Crippen LogP contribution in [0, 0.1) is 0 Å². The quantitative estimate of drug-likeness (QED) is 0.789. The van der Waals surface area contributed by atoms with Crippen LogP contribution in [-0.2, 0) is 16.4 Å². The Morgan fingerprint density at radius 2 is 2.24 bits per heavy atom. The molecule has 0 aromatic heterocycles. The van der Waals surface area contributed by atoms with E-state index in [1.807, 2.05) is 6.07 Å². The molecule has 94 valence electrons. The average molecular weight is 255 g/mol. The number of hydrogen-bond acceptors (Lipinski definition) is 4. The molecular formula is C11H17N3O2S. The fourth-order valence-electron chi connectivity index (χ4n) is 2.10. The Kier molecular flexibility index (Phi) is 3.37. The molecule has 0 saturated carbocycles. The van der Waals surface area contributed by atoms with Gasteiger partial charge < -0.3 is 10.6 Å². The molecule has 2 rings (SSSR count). The molecule has 1 aromatic rings. The SMILES string of the molecule is CNS(=O)(=O)c1ccc2c(c1)N(CCN)CC2. The van der Waals surface area contributed by atoms with Gasteiger partial charge in [-0.1, -0.05) is 6.07 Å². The second-order valence-corrected chi connectivity index (χ2v) is 5.91. The molecule has 1 heterocycles. The first-order valence-corrected chi connectivity index (χ1v) is 7.08. The molecule has 6 heteroatoms. The maximum Gasteiger partial charge on any atom is 0.240 e. The monoisotopic (exact) mass is 255 g/mol. The van der Waals surface area contributed by atoms with Crippen molar-refractivity contribution in [2.24, 2.45) is 5.73 Å². The summed E-state index contributed by atoms with van der Waals surface area (Å²) < 4.78 is 25.7. The molecule has 0 spiro atoms. The van der Waals surface area contributed by atoms with Gasteiger partial charge in [0.05, 0.1) is 4.90 Å². The molecule has 1 aliphatic heterocycles. The number of rotatable bonds is 4. The van der Waals surface area contributed by atoms with Crippen LogP contribution in [0.15, 0.2) is 23.1 Å². The van der Waals surface area contributed by atoms with Crippen LogP contribution < -0.4 is 15.4 Å². The van der Waals surface area contributed by atoms with E-state index in [9.17, 15) is 8.42 Å². The summed E-state index contributed by atoms with van der Waals surface area (Å²) in [4.78, 5) is 2.44. The number of nitrogens with zero attached hydrogens (tertiary/aromatic N) is 1. The number of benzene rings is 1.